The van der Waals surface area contributed by atoms with Crippen molar-refractivity contribution in [3.05, 3.63) is 87.9 Å². The van der Waals surface area contributed by atoms with Gasteiger partial charge in [0.1, 0.15) is 5.75 Å². The molecule has 0 fully saturated rings. The van der Waals surface area contributed by atoms with Crippen molar-refractivity contribution in [2.45, 2.75) is 38.3 Å². The largest absolute Gasteiger partial charge is 0.507 e. The fourth-order valence-electron chi connectivity index (χ4n) is 3.56. The predicted molar refractivity (Wildman–Crippen MR) is 152 cm³/mol. The minimum Gasteiger partial charge on any atom is -0.507 e. The van der Waals surface area contributed by atoms with Gasteiger partial charge in [-0.05, 0) is 48.2 Å². The minimum atomic E-state index is -0.301. The van der Waals surface area contributed by atoms with Gasteiger partial charge in [0, 0.05) is 21.3 Å². The number of phenols is 1. The van der Waals surface area contributed by atoms with E-state index in [0.717, 1.165) is 21.3 Å². The Hall–Kier alpha value is -3.43. The Labute approximate surface area is 229 Å². The molecule has 1 amide bonds. The fourth-order valence-corrected chi connectivity index (χ4v) is 4.68. The molecule has 190 valence electrons. The molecule has 0 unspecified atom stereocenters. The third-order valence-electron chi connectivity index (χ3n) is 5.65. The Morgan fingerprint density at radius 1 is 1.08 bits per heavy atom. The van der Waals surface area contributed by atoms with E-state index in [1.165, 1.54) is 23.5 Å². The molecule has 0 atom stereocenters. The van der Waals surface area contributed by atoms with Gasteiger partial charge in [-0.3, -0.25) is 9.36 Å². The lowest BCUT2D eigenvalue weighted by molar-refractivity contribution is -0.118. The molecule has 1 aromatic heterocycles. The van der Waals surface area contributed by atoms with Crippen LogP contribution in [0.1, 0.15) is 37.5 Å². The van der Waals surface area contributed by atoms with E-state index in [0.29, 0.717) is 16.5 Å². The fraction of sp³-hybridized carbons (Fsp3) is 0.214. The van der Waals surface area contributed by atoms with Gasteiger partial charge in [0.25, 0.3) is 5.91 Å². The zero-order valence-corrected chi connectivity index (χ0v) is 23.5. The molecule has 2 N–H and O–H groups in total. The molecule has 0 aliphatic heterocycles. The van der Waals surface area contributed by atoms with Crippen LogP contribution in [-0.4, -0.2) is 37.7 Å². The second kappa shape index (κ2) is 11.3. The highest BCUT2D eigenvalue weighted by Gasteiger charge is 2.19. The number of benzene rings is 3. The van der Waals surface area contributed by atoms with Crippen molar-refractivity contribution in [2.75, 3.05) is 5.75 Å². The van der Waals surface area contributed by atoms with E-state index in [1.807, 2.05) is 35.8 Å². The summed E-state index contributed by atoms with van der Waals surface area (Å²) in [6.45, 7) is 8.59. The lowest BCUT2D eigenvalue weighted by Crippen LogP contribution is -2.20. The van der Waals surface area contributed by atoms with Crippen molar-refractivity contribution >= 4 is 39.8 Å². The van der Waals surface area contributed by atoms with E-state index in [1.54, 1.807) is 18.2 Å². The lowest BCUT2D eigenvalue weighted by Gasteiger charge is -2.19. The number of hydrogen-bond donors (Lipinski definition) is 2. The third kappa shape index (κ3) is 6.67. The number of hydrogen-bond acceptors (Lipinski definition) is 6. The number of aromatic hydroxyl groups is 1. The Kier molecular flexibility index (Phi) is 8.14. The number of carbonyl (C=O) groups excluding carboxylic acids is 1. The average molecular weight is 579 g/mol. The van der Waals surface area contributed by atoms with Gasteiger partial charge in [-0.25, -0.2) is 5.43 Å². The molecule has 0 aliphatic rings. The molecule has 0 bridgehead atoms. The van der Waals surface area contributed by atoms with Crippen molar-refractivity contribution in [3.63, 3.8) is 0 Å². The number of carbonyl (C=O) groups is 1. The molecule has 0 radical (unpaired) electrons. The molecule has 37 heavy (non-hydrogen) atoms. The smallest absolute Gasteiger partial charge is 0.250 e. The summed E-state index contributed by atoms with van der Waals surface area (Å²) in [5.74, 6) is 0.569. The highest BCUT2D eigenvalue weighted by molar-refractivity contribution is 9.10. The topological polar surface area (TPSA) is 92.4 Å². The van der Waals surface area contributed by atoms with Gasteiger partial charge in [0.05, 0.1) is 12.0 Å². The standard InChI is InChI=1S/C28H28BrN5O2S/c1-18-5-12-23(13-6-18)34-26(19-7-9-21(10-8-19)28(2,3)4)32-33-27(34)37-17-25(36)31-30-16-20-15-22(29)11-14-24(20)35/h5-16,35H,17H2,1-4H3,(H,31,36)/b30-16+. The predicted octanol–water partition coefficient (Wildman–Crippen LogP) is 6.25. The Bertz CT molecular complexity index is 1420. The first kappa shape index (κ1) is 26.6. The highest BCUT2D eigenvalue weighted by atomic mass is 79.9. The summed E-state index contributed by atoms with van der Waals surface area (Å²) in [5, 5.41) is 23.4. The van der Waals surface area contributed by atoms with E-state index in [2.05, 4.69) is 81.7 Å². The second-order valence-electron chi connectivity index (χ2n) is 9.59. The van der Waals surface area contributed by atoms with Crippen LogP contribution >= 0.6 is 27.7 Å². The van der Waals surface area contributed by atoms with Crippen LogP contribution < -0.4 is 5.43 Å². The number of thioether (sulfide) groups is 1. The normalized spacial score (nSPS) is 11.7. The van der Waals surface area contributed by atoms with Crippen molar-refractivity contribution in [1.29, 1.82) is 0 Å². The maximum absolute atomic E-state index is 12.5. The summed E-state index contributed by atoms with van der Waals surface area (Å²) < 4.78 is 2.76. The van der Waals surface area contributed by atoms with Gasteiger partial charge in [-0.1, -0.05) is 90.4 Å². The Morgan fingerprint density at radius 3 is 2.46 bits per heavy atom. The zero-order valence-electron chi connectivity index (χ0n) is 21.1. The number of halogens is 1. The van der Waals surface area contributed by atoms with Crippen LogP contribution in [0.25, 0.3) is 17.1 Å². The highest BCUT2D eigenvalue weighted by Crippen LogP contribution is 2.30. The van der Waals surface area contributed by atoms with Gasteiger partial charge >= 0.3 is 0 Å². The molecule has 3 aromatic carbocycles. The van der Waals surface area contributed by atoms with Crippen LogP contribution in [0, 0.1) is 6.92 Å². The summed E-state index contributed by atoms with van der Waals surface area (Å²) in [4.78, 5) is 12.5. The number of nitrogens with one attached hydrogen (secondary N) is 1. The monoisotopic (exact) mass is 577 g/mol. The molecular weight excluding hydrogens is 550 g/mol. The molecule has 0 spiro atoms. The molecule has 9 heteroatoms. The molecule has 0 saturated heterocycles. The number of phenolic OH excluding ortho intramolecular Hbond substituents is 1. The molecule has 1 heterocycles. The van der Waals surface area contributed by atoms with Gasteiger partial charge in [0.15, 0.2) is 11.0 Å². The second-order valence-corrected chi connectivity index (χ2v) is 11.4. The summed E-state index contributed by atoms with van der Waals surface area (Å²) >= 11 is 4.63. The first-order chi connectivity index (χ1) is 17.6. The lowest BCUT2D eigenvalue weighted by atomic mass is 9.87. The average Bonchev–Trinajstić information content (AvgIpc) is 3.29. The molecule has 7 nitrogen and oxygen atoms in total. The van der Waals surface area contributed by atoms with Gasteiger partial charge in [-0.2, -0.15) is 5.10 Å². The van der Waals surface area contributed by atoms with E-state index >= 15 is 0 Å². The van der Waals surface area contributed by atoms with E-state index in [-0.39, 0.29) is 22.8 Å². The van der Waals surface area contributed by atoms with Crippen LogP contribution in [0.3, 0.4) is 0 Å². The van der Waals surface area contributed by atoms with Gasteiger partial charge in [0.2, 0.25) is 0 Å². The quantitative estimate of drug-likeness (QED) is 0.154. The zero-order chi connectivity index (χ0) is 26.6. The first-order valence-electron chi connectivity index (χ1n) is 11.7. The molecular formula is C28H28BrN5O2S. The third-order valence-corrected chi connectivity index (χ3v) is 7.07. The van der Waals surface area contributed by atoms with Crippen LogP contribution in [0.4, 0.5) is 0 Å². The number of nitrogens with zero attached hydrogens (tertiary/aromatic N) is 4. The van der Waals surface area contributed by atoms with Crippen molar-refractivity contribution in [2.24, 2.45) is 5.10 Å². The number of amides is 1. The van der Waals surface area contributed by atoms with Crippen LogP contribution in [0.5, 0.6) is 5.75 Å². The molecule has 0 saturated carbocycles. The SMILES string of the molecule is Cc1ccc(-n2c(SCC(=O)N/N=C/c3cc(Br)ccc3O)nnc2-c2ccc(C(C)(C)C)cc2)cc1. The summed E-state index contributed by atoms with van der Waals surface area (Å²) in [5.41, 5.74) is 7.28. The first-order valence-corrected chi connectivity index (χ1v) is 13.5. The summed E-state index contributed by atoms with van der Waals surface area (Å²) in [6, 6.07) is 21.4. The Morgan fingerprint density at radius 2 is 1.78 bits per heavy atom. The molecule has 4 aromatic rings. The number of aryl methyl sites for hydroxylation is 1. The minimum absolute atomic E-state index is 0.0514. The van der Waals surface area contributed by atoms with Crippen molar-refractivity contribution in [1.82, 2.24) is 20.2 Å². The Balaban J connectivity index is 1.54. The molecule has 0 aliphatic carbocycles. The van der Waals surface area contributed by atoms with Crippen LogP contribution in [0.15, 0.2) is 81.5 Å². The summed E-state index contributed by atoms with van der Waals surface area (Å²) in [7, 11) is 0. The molecule has 4 rings (SSSR count). The summed E-state index contributed by atoms with van der Waals surface area (Å²) in [6.07, 6.45) is 1.40. The van der Waals surface area contributed by atoms with Gasteiger partial charge in [-0.15, -0.1) is 10.2 Å². The van der Waals surface area contributed by atoms with Gasteiger partial charge < -0.3 is 5.11 Å². The number of aromatic nitrogens is 3. The maximum atomic E-state index is 12.5. The number of hydrazone groups is 1. The van der Waals surface area contributed by atoms with Crippen molar-refractivity contribution < 1.29 is 9.90 Å². The van der Waals surface area contributed by atoms with Crippen LogP contribution in [-0.2, 0) is 10.2 Å². The maximum Gasteiger partial charge on any atom is 0.250 e. The van der Waals surface area contributed by atoms with Crippen molar-refractivity contribution in [3.8, 4) is 22.8 Å². The van der Waals surface area contributed by atoms with E-state index < -0.39 is 0 Å². The van der Waals surface area contributed by atoms with E-state index in [9.17, 15) is 9.90 Å². The van der Waals surface area contributed by atoms with E-state index in [4.69, 9.17) is 0 Å². The van der Waals surface area contributed by atoms with Crippen LogP contribution in [0.2, 0.25) is 0 Å². The number of rotatable bonds is 7.